The lowest BCUT2D eigenvalue weighted by Crippen LogP contribution is -2.09. The van der Waals surface area contributed by atoms with Gasteiger partial charge in [-0.3, -0.25) is 0 Å². The summed E-state index contributed by atoms with van der Waals surface area (Å²) in [6, 6.07) is 3.88. The van der Waals surface area contributed by atoms with Crippen LogP contribution in [-0.4, -0.2) is 11.7 Å². The van der Waals surface area contributed by atoms with Crippen molar-refractivity contribution in [3.8, 4) is 0 Å². The maximum Gasteiger partial charge on any atom is 0.0931 e. The fraction of sp³-hybridized carbons (Fsp3) is 0.556. The number of aliphatic hydroxyl groups is 1. The van der Waals surface area contributed by atoms with Gasteiger partial charge in [0.05, 0.1) is 10.9 Å². The Bertz CT molecular complexity index is 244. The molecule has 0 fully saturated rings. The van der Waals surface area contributed by atoms with Crippen molar-refractivity contribution in [1.29, 1.82) is 0 Å². The number of thiophene rings is 1. The fourth-order valence-corrected chi connectivity index (χ4v) is 2.48. The Balaban J connectivity index is 2.80. The van der Waals surface area contributed by atoms with Gasteiger partial charge in [-0.15, -0.1) is 11.3 Å². The van der Waals surface area contributed by atoms with Crippen LogP contribution in [0.3, 0.4) is 0 Å². The highest BCUT2D eigenvalue weighted by atomic mass is 35.5. The van der Waals surface area contributed by atoms with Gasteiger partial charge in [-0.25, -0.2) is 0 Å². The van der Waals surface area contributed by atoms with Crippen molar-refractivity contribution in [2.45, 2.75) is 19.8 Å². The first-order valence-corrected chi connectivity index (χ1v) is 5.20. The van der Waals surface area contributed by atoms with E-state index in [2.05, 4.69) is 13.8 Å². The molecule has 1 heterocycles. The fourth-order valence-electron chi connectivity index (χ4n) is 1.16. The second kappa shape index (κ2) is 4.26. The van der Waals surface area contributed by atoms with Crippen LogP contribution in [0.2, 0.25) is 4.34 Å². The average molecular weight is 205 g/mol. The predicted molar refractivity (Wildman–Crippen MR) is 54.0 cm³/mol. The minimum Gasteiger partial charge on any atom is -0.396 e. The van der Waals surface area contributed by atoms with E-state index in [4.69, 9.17) is 16.7 Å². The summed E-state index contributed by atoms with van der Waals surface area (Å²) in [7, 11) is 0. The van der Waals surface area contributed by atoms with E-state index in [9.17, 15) is 0 Å². The van der Waals surface area contributed by atoms with Crippen LogP contribution in [0.1, 0.15) is 24.6 Å². The van der Waals surface area contributed by atoms with E-state index in [0.717, 1.165) is 4.34 Å². The van der Waals surface area contributed by atoms with Gasteiger partial charge in [0.1, 0.15) is 0 Å². The van der Waals surface area contributed by atoms with Crippen molar-refractivity contribution in [2.75, 3.05) is 6.61 Å². The van der Waals surface area contributed by atoms with Gasteiger partial charge in [0.25, 0.3) is 0 Å². The summed E-state index contributed by atoms with van der Waals surface area (Å²) in [5.41, 5.74) is 0. The van der Waals surface area contributed by atoms with Crippen molar-refractivity contribution in [1.82, 2.24) is 0 Å². The molecule has 0 aliphatic heterocycles. The molecular weight excluding hydrogens is 192 g/mol. The molecule has 1 nitrogen and oxygen atoms in total. The Morgan fingerprint density at radius 2 is 2.17 bits per heavy atom. The Morgan fingerprint density at radius 1 is 1.50 bits per heavy atom. The summed E-state index contributed by atoms with van der Waals surface area (Å²) in [6.07, 6.45) is 0. The number of hydrogen-bond acceptors (Lipinski definition) is 2. The molecule has 1 unspecified atom stereocenters. The van der Waals surface area contributed by atoms with E-state index in [1.807, 2.05) is 12.1 Å². The highest BCUT2D eigenvalue weighted by Crippen LogP contribution is 2.32. The van der Waals surface area contributed by atoms with E-state index >= 15 is 0 Å². The molecule has 0 bridgehead atoms. The third-order valence-electron chi connectivity index (χ3n) is 1.96. The number of rotatable bonds is 3. The van der Waals surface area contributed by atoms with Crippen molar-refractivity contribution >= 4 is 22.9 Å². The molecule has 1 aromatic heterocycles. The Morgan fingerprint density at radius 3 is 2.50 bits per heavy atom. The van der Waals surface area contributed by atoms with E-state index < -0.39 is 0 Å². The zero-order chi connectivity index (χ0) is 9.14. The lowest BCUT2D eigenvalue weighted by Gasteiger charge is -2.15. The van der Waals surface area contributed by atoms with Crippen molar-refractivity contribution < 1.29 is 5.11 Å². The van der Waals surface area contributed by atoms with Crippen LogP contribution in [0.25, 0.3) is 0 Å². The van der Waals surface area contributed by atoms with E-state index in [0.29, 0.717) is 5.92 Å². The smallest absolute Gasteiger partial charge is 0.0931 e. The van der Waals surface area contributed by atoms with Crippen molar-refractivity contribution in [3.63, 3.8) is 0 Å². The third kappa shape index (κ3) is 2.22. The summed E-state index contributed by atoms with van der Waals surface area (Å²) in [6.45, 7) is 4.41. The summed E-state index contributed by atoms with van der Waals surface area (Å²) in [4.78, 5) is 1.18. The number of aliphatic hydroxyl groups excluding tert-OH is 1. The largest absolute Gasteiger partial charge is 0.396 e. The van der Waals surface area contributed by atoms with Crippen LogP contribution in [0.4, 0.5) is 0 Å². The zero-order valence-electron chi connectivity index (χ0n) is 7.25. The van der Waals surface area contributed by atoms with Gasteiger partial charge < -0.3 is 5.11 Å². The Kier molecular flexibility index (Phi) is 3.56. The Hall–Kier alpha value is -0.0500. The predicted octanol–water partition coefficient (Wildman–Crippen LogP) is 3.13. The monoisotopic (exact) mass is 204 g/mol. The molecule has 0 saturated carbocycles. The second-order valence-corrected chi connectivity index (χ2v) is 4.92. The number of halogens is 1. The van der Waals surface area contributed by atoms with E-state index in [1.165, 1.54) is 4.88 Å². The van der Waals surface area contributed by atoms with Crippen LogP contribution in [0, 0.1) is 5.92 Å². The van der Waals surface area contributed by atoms with Crippen molar-refractivity contribution in [2.24, 2.45) is 5.92 Å². The van der Waals surface area contributed by atoms with Crippen LogP contribution in [-0.2, 0) is 0 Å². The molecule has 0 aliphatic rings. The normalized spacial score (nSPS) is 13.8. The standard InChI is InChI=1S/C9H13ClOS/c1-6(2)7(5-11)8-3-4-9(10)12-8/h3-4,6-7,11H,5H2,1-2H3. The first-order valence-electron chi connectivity index (χ1n) is 4.01. The molecular formula is C9H13ClOS. The molecule has 0 amide bonds. The van der Waals surface area contributed by atoms with Crippen LogP contribution in [0.15, 0.2) is 12.1 Å². The van der Waals surface area contributed by atoms with Gasteiger partial charge in [-0.1, -0.05) is 25.4 Å². The maximum atomic E-state index is 9.12. The summed E-state index contributed by atoms with van der Waals surface area (Å²) < 4.78 is 0.795. The van der Waals surface area contributed by atoms with Gasteiger partial charge in [0, 0.05) is 10.8 Å². The quantitative estimate of drug-likeness (QED) is 0.802. The molecule has 3 heteroatoms. The highest BCUT2D eigenvalue weighted by Gasteiger charge is 2.16. The molecule has 0 aliphatic carbocycles. The molecule has 1 rings (SSSR count). The molecule has 0 aromatic carbocycles. The molecule has 1 atom stereocenters. The molecule has 0 radical (unpaired) electrons. The van der Waals surface area contributed by atoms with E-state index in [-0.39, 0.29) is 12.5 Å². The third-order valence-corrected chi connectivity index (χ3v) is 3.32. The van der Waals surface area contributed by atoms with Gasteiger partial charge in [0.2, 0.25) is 0 Å². The molecule has 1 aromatic rings. The summed E-state index contributed by atoms with van der Waals surface area (Å²) >= 11 is 7.36. The maximum absolute atomic E-state index is 9.12. The lowest BCUT2D eigenvalue weighted by molar-refractivity contribution is 0.239. The molecule has 1 N–H and O–H groups in total. The SMILES string of the molecule is CC(C)C(CO)c1ccc(Cl)s1. The van der Waals surface area contributed by atoms with Crippen molar-refractivity contribution in [3.05, 3.63) is 21.3 Å². The second-order valence-electron chi connectivity index (χ2n) is 3.17. The molecule has 12 heavy (non-hydrogen) atoms. The molecule has 68 valence electrons. The van der Waals surface area contributed by atoms with Gasteiger partial charge in [-0.2, -0.15) is 0 Å². The van der Waals surface area contributed by atoms with Crippen LogP contribution in [0.5, 0.6) is 0 Å². The van der Waals surface area contributed by atoms with Gasteiger partial charge >= 0.3 is 0 Å². The van der Waals surface area contributed by atoms with Crippen LogP contribution < -0.4 is 0 Å². The Labute approximate surface area is 82.0 Å². The summed E-state index contributed by atoms with van der Waals surface area (Å²) in [5.74, 6) is 0.701. The van der Waals surface area contributed by atoms with Gasteiger partial charge in [-0.05, 0) is 18.1 Å². The minimum atomic E-state index is 0.203. The topological polar surface area (TPSA) is 20.2 Å². The lowest BCUT2D eigenvalue weighted by atomic mass is 9.95. The zero-order valence-corrected chi connectivity index (χ0v) is 8.82. The molecule has 0 saturated heterocycles. The first kappa shape index (κ1) is 10.0. The van der Waals surface area contributed by atoms with Gasteiger partial charge in [0.15, 0.2) is 0 Å². The first-order chi connectivity index (χ1) is 5.65. The molecule has 0 spiro atoms. The van der Waals surface area contributed by atoms with Crippen LogP contribution >= 0.6 is 22.9 Å². The van der Waals surface area contributed by atoms with E-state index in [1.54, 1.807) is 11.3 Å². The highest BCUT2D eigenvalue weighted by molar-refractivity contribution is 7.16. The minimum absolute atomic E-state index is 0.203. The number of hydrogen-bond donors (Lipinski definition) is 1. The average Bonchev–Trinajstić information content (AvgIpc) is 2.37. The summed E-state index contributed by atoms with van der Waals surface area (Å²) in [5, 5.41) is 9.12.